The van der Waals surface area contributed by atoms with Gasteiger partial charge >= 0.3 is 5.97 Å². The molecule has 3 rings (SSSR count). The van der Waals surface area contributed by atoms with Gasteiger partial charge in [0.25, 0.3) is 5.91 Å². The minimum absolute atomic E-state index is 0.0932. The highest BCUT2D eigenvalue weighted by molar-refractivity contribution is 6.31. The van der Waals surface area contributed by atoms with E-state index in [1.807, 2.05) is 0 Å². The van der Waals surface area contributed by atoms with E-state index in [2.05, 4.69) is 5.32 Å². The Hall–Kier alpha value is -3.45. The van der Waals surface area contributed by atoms with Gasteiger partial charge in [-0.15, -0.1) is 0 Å². The van der Waals surface area contributed by atoms with Crippen molar-refractivity contribution in [3.05, 3.63) is 75.1 Å². The molecular formula is C21H16ClNO6. The Kier molecular flexibility index (Phi) is 5.79. The molecule has 1 heterocycles. The summed E-state index contributed by atoms with van der Waals surface area (Å²) in [6, 6.07) is 11.7. The van der Waals surface area contributed by atoms with Crippen molar-refractivity contribution in [2.24, 2.45) is 0 Å². The van der Waals surface area contributed by atoms with Gasteiger partial charge in [-0.2, -0.15) is 0 Å². The van der Waals surface area contributed by atoms with Crippen LogP contribution in [0.3, 0.4) is 0 Å². The molecule has 0 saturated carbocycles. The van der Waals surface area contributed by atoms with Crippen LogP contribution < -0.4 is 10.7 Å². The molecule has 1 aromatic heterocycles. The number of hydrogen-bond acceptors (Lipinski definition) is 6. The van der Waals surface area contributed by atoms with Crippen LogP contribution in [0.1, 0.15) is 34.8 Å². The first-order valence-electron chi connectivity index (χ1n) is 8.61. The lowest BCUT2D eigenvalue weighted by atomic mass is 10.1. The molecule has 0 saturated heterocycles. The first-order chi connectivity index (χ1) is 13.7. The molecule has 0 radical (unpaired) electrons. The van der Waals surface area contributed by atoms with Crippen LogP contribution in [-0.4, -0.2) is 23.8 Å². The fourth-order valence-electron chi connectivity index (χ4n) is 2.53. The van der Waals surface area contributed by atoms with Gasteiger partial charge in [0.2, 0.25) is 5.76 Å². The van der Waals surface area contributed by atoms with E-state index in [0.717, 1.165) is 6.07 Å². The van der Waals surface area contributed by atoms with Crippen LogP contribution in [0.5, 0.6) is 0 Å². The number of halogens is 1. The highest BCUT2D eigenvalue weighted by atomic mass is 35.5. The van der Waals surface area contributed by atoms with Gasteiger partial charge in [-0.3, -0.25) is 14.4 Å². The lowest BCUT2D eigenvalue weighted by Crippen LogP contribution is -2.30. The zero-order valence-electron chi connectivity index (χ0n) is 15.5. The average molecular weight is 414 g/mol. The minimum atomic E-state index is -1.15. The molecule has 0 unspecified atom stereocenters. The Labute approximate surface area is 170 Å². The van der Waals surface area contributed by atoms with Gasteiger partial charge in [-0.05, 0) is 56.3 Å². The summed E-state index contributed by atoms with van der Waals surface area (Å²) in [7, 11) is 0. The summed E-state index contributed by atoms with van der Waals surface area (Å²) in [5.74, 6) is -1.95. The number of hydrogen-bond donors (Lipinski definition) is 1. The second kappa shape index (κ2) is 8.28. The van der Waals surface area contributed by atoms with E-state index in [1.165, 1.54) is 32.0 Å². The van der Waals surface area contributed by atoms with Gasteiger partial charge < -0.3 is 14.5 Å². The van der Waals surface area contributed by atoms with Crippen molar-refractivity contribution >= 4 is 45.9 Å². The van der Waals surface area contributed by atoms with Crippen molar-refractivity contribution in [3.63, 3.8) is 0 Å². The summed E-state index contributed by atoms with van der Waals surface area (Å²) >= 11 is 5.85. The van der Waals surface area contributed by atoms with Gasteiger partial charge in [-0.1, -0.05) is 11.6 Å². The third-order valence-corrected chi connectivity index (χ3v) is 4.34. The van der Waals surface area contributed by atoms with Crippen molar-refractivity contribution in [2.75, 3.05) is 5.32 Å². The number of Topliss-reactive ketones (excluding diaryl/α,β-unsaturated/α-hetero) is 1. The van der Waals surface area contributed by atoms with Crippen LogP contribution in [0.4, 0.5) is 5.69 Å². The molecule has 1 atom stereocenters. The molecule has 0 aliphatic rings. The van der Waals surface area contributed by atoms with E-state index in [1.54, 1.807) is 24.3 Å². The number of carbonyl (C=O) groups is 3. The van der Waals surface area contributed by atoms with E-state index in [4.69, 9.17) is 20.8 Å². The van der Waals surface area contributed by atoms with Crippen LogP contribution in [0, 0.1) is 0 Å². The van der Waals surface area contributed by atoms with Gasteiger partial charge in [-0.25, -0.2) is 4.79 Å². The van der Waals surface area contributed by atoms with Crippen molar-refractivity contribution in [2.45, 2.75) is 20.0 Å². The summed E-state index contributed by atoms with van der Waals surface area (Å²) in [4.78, 5) is 48.0. The number of fused-ring (bicyclic) bond motifs is 1. The normalized spacial score (nSPS) is 11.7. The topological polar surface area (TPSA) is 103 Å². The molecule has 1 N–H and O–H groups in total. The predicted molar refractivity (Wildman–Crippen MR) is 107 cm³/mol. The maximum atomic E-state index is 12.3. The average Bonchev–Trinajstić information content (AvgIpc) is 2.68. The molecule has 0 aliphatic heterocycles. The molecule has 8 heteroatoms. The Balaban J connectivity index is 1.70. The Morgan fingerprint density at radius 2 is 1.76 bits per heavy atom. The molecular weight excluding hydrogens is 398 g/mol. The molecule has 0 fully saturated rings. The number of anilines is 1. The Bertz CT molecular complexity index is 1170. The molecule has 0 aliphatic carbocycles. The second-order valence-corrected chi connectivity index (χ2v) is 6.72. The molecule has 7 nitrogen and oxygen atoms in total. The third kappa shape index (κ3) is 4.70. The van der Waals surface area contributed by atoms with E-state index < -0.39 is 23.4 Å². The minimum Gasteiger partial charge on any atom is -0.449 e. The highest BCUT2D eigenvalue weighted by Gasteiger charge is 2.22. The smallest absolute Gasteiger partial charge is 0.375 e. The largest absolute Gasteiger partial charge is 0.449 e. The van der Waals surface area contributed by atoms with Gasteiger partial charge in [0.1, 0.15) is 5.58 Å². The third-order valence-electron chi connectivity index (χ3n) is 4.10. The molecule has 0 bridgehead atoms. The van der Waals surface area contributed by atoms with Crippen LogP contribution >= 0.6 is 11.6 Å². The number of nitrogens with one attached hydrogen (secondary N) is 1. The molecule has 2 aromatic carbocycles. The highest BCUT2D eigenvalue weighted by Crippen LogP contribution is 2.18. The quantitative estimate of drug-likeness (QED) is 0.503. The van der Waals surface area contributed by atoms with E-state index >= 15 is 0 Å². The van der Waals surface area contributed by atoms with Crippen molar-refractivity contribution < 1.29 is 23.5 Å². The summed E-state index contributed by atoms with van der Waals surface area (Å²) in [5.41, 5.74) is 0.673. The Morgan fingerprint density at radius 3 is 2.41 bits per heavy atom. The van der Waals surface area contributed by atoms with E-state index in [0.29, 0.717) is 16.3 Å². The van der Waals surface area contributed by atoms with Crippen molar-refractivity contribution in [1.29, 1.82) is 0 Å². The summed E-state index contributed by atoms with van der Waals surface area (Å²) in [6.07, 6.45) is -1.15. The van der Waals surface area contributed by atoms with Crippen LogP contribution in [0.2, 0.25) is 5.02 Å². The number of ketones is 1. The molecule has 29 heavy (non-hydrogen) atoms. The summed E-state index contributed by atoms with van der Waals surface area (Å²) < 4.78 is 10.5. The zero-order valence-corrected chi connectivity index (χ0v) is 16.3. The molecule has 0 spiro atoms. The number of rotatable bonds is 5. The van der Waals surface area contributed by atoms with Gasteiger partial charge in [0, 0.05) is 22.3 Å². The number of carbonyl (C=O) groups excluding carboxylic acids is 3. The van der Waals surface area contributed by atoms with Crippen LogP contribution in [-0.2, 0) is 9.53 Å². The Morgan fingerprint density at radius 1 is 1.07 bits per heavy atom. The maximum absolute atomic E-state index is 12.3. The first kappa shape index (κ1) is 20.3. The predicted octanol–water partition coefficient (Wildman–Crippen LogP) is 3.83. The second-order valence-electron chi connectivity index (χ2n) is 6.29. The molecule has 1 amide bonds. The standard InChI is InChI=1S/C21H16ClNO6/c1-11(24)13-3-6-15(7-4-13)23-20(26)12(2)28-21(27)19-10-17(25)16-9-14(22)5-8-18(16)29-19/h3-10,12H,1-2H3,(H,23,26)/t12-/m0/s1. The zero-order chi connectivity index (χ0) is 21.1. The van der Waals surface area contributed by atoms with Gasteiger partial charge in [0.05, 0.1) is 5.39 Å². The van der Waals surface area contributed by atoms with Crippen LogP contribution in [0.25, 0.3) is 11.0 Å². The maximum Gasteiger partial charge on any atom is 0.375 e. The molecule has 148 valence electrons. The monoisotopic (exact) mass is 413 g/mol. The number of benzene rings is 2. The fraction of sp³-hybridized carbons (Fsp3) is 0.143. The number of esters is 1. The van der Waals surface area contributed by atoms with E-state index in [9.17, 15) is 19.2 Å². The van der Waals surface area contributed by atoms with Crippen molar-refractivity contribution in [1.82, 2.24) is 0 Å². The fourth-order valence-corrected chi connectivity index (χ4v) is 2.71. The van der Waals surface area contributed by atoms with Gasteiger partial charge in [0.15, 0.2) is 17.3 Å². The lowest BCUT2D eigenvalue weighted by molar-refractivity contribution is -0.123. The van der Waals surface area contributed by atoms with Crippen LogP contribution in [0.15, 0.2) is 57.7 Å². The number of amides is 1. The molecule has 3 aromatic rings. The van der Waals surface area contributed by atoms with E-state index in [-0.39, 0.29) is 22.5 Å². The summed E-state index contributed by atoms with van der Waals surface area (Å²) in [6.45, 7) is 2.82. The summed E-state index contributed by atoms with van der Waals surface area (Å²) in [5, 5.41) is 3.17. The van der Waals surface area contributed by atoms with Crippen molar-refractivity contribution in [3.8, 4) is 0 Å². The SMILES string of the molecule is CC(=O)c1ccc(NC(=O)[C@H](C)OC(=O)c2cc(=O)c3cc(Cl)ccc3o2)cc1. The number of ether oxygens (including phenoxy) is 1. The lowest BCUT2D eigenvalue weighted by Gasteiger charge is -2.13. The first-order valence-corrected chi connectivity index (χ1v) is 8.98.